The molecule has 1 amide bonds. The maximum atomic E-state index is 12.2. The van der Waals surface area contributed by atoms with E-state index < -0.39 is 18.0 Å². The summed E-state index contributed by atoms with van der Waals surface area (Å²) in [6.07, 6.45) is 19.5. The monoisotopic (exact) mass is 585 g/mol. The van der Waals surface area contributed by atoms with Gasteiger partial charge in [0.25, 0.3) is 0 Å². The van der Waals surface area contributed by atoms with Crippen molar-refractivity contribution in [2.75, 3.05) is 11.5 Å². The molecule has 0 saturated carbocycles. The first-order chi connectivity index (χ1) is 19.0. The van der Waals surface area contributed by atoms with Gasteiger partial charge in [0.2, 0.25) is 5.91 Å². The Morgan fingerprint density at radius 3 is 1.80 bits per heavy atom. The number of hydrogen-bond acceptors (Lipinski definition) is 4. The molecule has 6 nitrogen and oxygen atoms in total. The van der Waals surface area contributed by atoms with Crippen molar-refractivity contribution in [3.8, 4) is 0 Å². The first-order valence-electron chi connectivity index (χ1n) is 16.0. The largest absolute Gasteiger partial charge is 0.481 e. The van der Waals surface area contributed by atoms with Gasteiger partial charge in [0, 0.05) is 25.8 Å². The summed E-state index contributed by atoms with van der Waals surface area (Å²) in [6, 6.07) is -0.860. The second-order valence-electron chi connectivity index (χ2n) is 12.4. The van der Waals surface area contributed by atoms with E-state index in [9.17, 15) is 19.5 Å². The van der Waals surface area contributed by atoms with E-state index in [1.165, 1.54) is 56.9 Å². The van der Waals surface area contributed by atoms with Crippen LogP contribution < -0.4 is 5.32 Å². The zero-order valence-corrected chi connectivity index (χ0v) is 27.2. The summed E-state index contributed by atoms with van der Waals surface area (Å²) in [7, 11) is 0. The van der Waals surface area contributed by atoms with E-state index in [0.717, 1.165) is 62.0 Å². The number of carbonyl (C=O) groups excluding carboxylic acids is 1. The quantitative estimate of drug-likeness (QED) is 0.0656. The number of amides is 1. The summed E-state index contributed by atoms with van der Waals surface area (Å²) in [5.41, 5.74) is 1.36. The molecule has 0 rings (SSSR count). The molecular formula is C33H63NO5S. The van der Waals surface area contributed by atoms with E-state index in [4.69, 9.17) is 5.11 Å². The smallest absolute Gasteiger partial charge is 0.327 e. The highest BCUT2D eigenvalue weighted by molar-refractivity contribution is 7.99. The second-order valence-corrected chi connectivity index (χ2v) is 13.5. The van der Waals surface area contributed by atoms with Crippen molar-refractivity contribution >= 4 is 29.6 Å². The summed E-state index contributed by atoms with van der Waals surface area (Å²) >= 11 is 1.55. The Hall–Kier alpha value is -1.50. The minimum atomic E-state index is -0.987. The predicted octanol–water partition coefficient (Wildman–Crippen LogP) is 9.13. The van der Waals surface area contributed by atoms with Crippen molar-refractivity contribution in [1.29, 1.82) is 0 Å². The van der Waals surface area contributed by atoms with Crippen LogP contribution in [0.1, 0.15) is 145 Å². The molecule has 3 unspecified atom stereocenters. The van der Waals surface area contributed by atoms with Gasteiger partial charge in [-0.1, -0.05) is 110 Å². The van der Waals surface area contributed by atoms with Crippen molar-refractivity contribution < 1.29 is 26.0 Å². The third kappa shape index (κ3) is 25.5. The van der Waals surface area contributed by atoms with Gasteiger partial charge in [0.05, 0.1) is 0 Å². The van der Waals surface area contributed by atoms with Gasteiger partial charge in [-0.25, -0.2) is 4.79 Å². The lowest BCUT2D eigenvalue weighted by molar-refractivity contribution is -0.141. The van der Waals surface area contributed by atoms with Gasteiger partial charge >= 0.3 is 11.9 Å². The van der Waals surface area contributed by atoms with Gasteiger partial charge in [0.1, 0.15) is 6.04 Å². The van der Waals surface area contributed by atoms with Crippen LogP contribution >= 0.6 is 11.8 Å². The number of rotatable bonds is 27. The summed E-state index contributed by atoms with van der Waals surface area (Å²) in [5.74, 6) is 1.61. The number of hydrogen-bond donors (Lipinski definition) is 3. The zero-order valence-electron chi connectivity index (χ0n) is 26.3. The number of nitrogens with one attached hydrogen (secondary N) is 1. The topological polar surface area (TPSA) is 104 Å². The van der Waals surface area contributed by atoms with Crippen molar-refractivity contribution in [1.82, 2.24) is 5.32 Å². The van der Waals surface area contributed by atoms with E-state index in [1.54, 1.807) is 11.8 Å². The summed E-state index contributed by atoms with van der Waals surface area (Å²) in [6.45, 7) is 11.6. The fraction of sp³-hybridized carbons (Fsp3) is 0.848. The number of carboxylic acids is 2. The molecule has 0 saturated heterocycles. The number of thioether (sulfide) groups is 1. The lowest BCUT2D eigenvalue weighted by atomic mass is 9.91. The van der Waals surface area contributed by atoms with Crippen LogP contribution in [0.5, 0.6) is 0 Å². The Kier molecular flexibility index (Phi) is 24.3. The Morgan fingerprint density at radius 2 is 1.25 bits per heavy atom. The molecule has 0 bridgehead atoms. The van der Waals surface area contributed by atoms with Gasteiger partial charge in [0.15, 0.2) is 0 Å². The zero-order chi connectivity index (χ0) is 30.2. The molecule has 40 heavy (non-hydrogen) atoms. The number of allylic oxidation sites excluding steroid dienone is 1. The van der Waals surface area contributed by atoms with Crippen LogP contribution in [0.2, 0.25) is 0 Å². The lowest BCUT2D eigenvalue weighted by Gasteiger charge is -2.15. The molecule has 0 aromatic heterocycles. The minimum Gasteiger partial charge on any atom is -0.481 e. The van der Waals surface area contributed by atoms with Gasteiger partial charge in [-0.2, -0.15) is 11.8 Å². The first kappa shape index (κ1) is 38.5. The second kappa shape index (κ2) is 25.2. The molecular weight excluding hydrogens is 522 g/mol. The van der Waals surface area contributed by atoms with Crippen molar-refractivity contribution in [3.63, 3.8) is 0 Å². The normalized spacial score (nSPS) is 14.2. The molecule has 0 aromatic carbocycles. The van der Waals surface area contributed by atoms with Gasteiger partial charge in [-0.3, -0.25) is 9.59 Å². The lowest BCUT2D eigenvalue weighted by Crippen LogP contribution is -2.42. The molecule has 0 aliphatic heterocycles. The highest BCUT2D eigenvalue weighted by Gasteiger charge is 2.19. The molecule has 0 fully saturated rings. The van der Waals surface area contributed by atoms with E-state index in [0.29, 0.717) is 18.6 Å². The summed E-state index contributed by atoms with van der Waals surface area (Å²) in [5, 5.41) is 20.8. The minimum absolute atomic E-state index is 0. The fourth-order valence-corrected chi connectivity index (χ4v) is 5.91. The number of aliphatic carboxylic acids is 2. The average molecular weight is 586 g/mol. The third-order valence-corrected chi connectivity index (χ3v) is 8.62. The van der Waals surface area contributed by atoms with Crippen LogP contribution in [0.4, 0.5) is 0 Å². The number of unbranched alkanes of at least 4 members (excludes halogenated alkanes) is 5. The molecule has 236 valence electrons. The Morgan fingerprint density at radius 1 is 0.725 bits per heavy atom. The van der Waals surface area contributed by atoms with Crippen molar-refractivity contribution in [2.24, 2.45) is 17.8 Å². The molecule has 0 aromatic rings. The highest BCUT2D eigenvalue weighted by Crippen LogP contribution is 2.22. The van der Waals surface area contributed by atoms with Gasteiger partial charge in [-0.05, 0) is 50.4 Å². The van der Waals surface area contributed by atoms with Crippen LogP contribution in [-0.4, -0.2) is 45.6 Å². The molecule has 0 spiro atoms. The molecule has 0 heterocycles. The Balaban J connectivity index is 0. The van der Waals surface area contributed by atoms with E-state index in [2.05, 4.69) is 46.0 Å². The van der Waals surface area contributed by atoms with Crippen LogP contribution in [0.15, 0.2) is 11.6 Å². The standard InChI is InChI=1S/C33H61NO5S.H2/c1-26(2)15-12-16-27(3)17-13-18-28(4)19-14-20-29(5)23-24-40-25-30(33(38)39)34-31(35)21-10-8-6-7-9-11-22-32(36)37;/h23,26-28,30H,6-22,24-25H2,1-5H3,(H,34,35)(H,36,37)(H,38,39);1H/b29-23+;. The molecule has 0 radical (unpaired) electrons. The third-order valence-electron chi connectivity index (χ3n) is 7.65. The van der Waals surface area contributed by atoms with Crippen molar-refractivity contribution in [2.45, 2.75) is 150 Å². The highest BCUT2D eigenvalue weighted by atomic mass is 32.2. The number of carboxylic acid groups (broad SMARTS) is 2. The van der Waals surface area contributed by atoms with Crippen LogP contribution in [0, 0.1) is 17.8 Å². The van der Waals surface area contributed by atoms with E-state index in [-0.39, 0.29) is 13.8 Å². The Labute approximate surface area is 251 Å². The summed E-state index contributed by atoms with van der Waals surface area (Å²) < 4.78 is 0. The van der Waals surface area contributed by atoms with Crippen LogP contribution in [0.3, 0.4) is 0 Å². The molecule has 7 heteroatoms. The Bertz CT molecular complexity index is 716. The van der Waals surface area contributed by atoms with Crippen LogP contribution in [0.25, 0.3) is 0 Å². The molecule has 0 aliphatic carbocycles. The first-order valence-corrected chi connectivity index (χ1v) is 17.1. The molecule has 3 N–H and O–H groups in total. The van der Waals surface area contributed by atoms with Crippen molar-refractivity contribution in [3.05, 3.63) is 11.6 Å². The van der Waals surface area contributed by atoms with E-state index in [1.807, 2.05) is 0 Å². The average Bonchev–Trinajstić information content (AvgIpc) is 2.86. The molecule has 0 aliphatic rings. The predicted molar refractivity (Wildman–Crippen MR) is 172 cm³/mol. The van der Waals surface area contributed by atoms with Gasteiger partial charge in [-0.15, -0.1) is 0 Å². The maximum absolute atomic E-state index is 12.2. The van der Waals surface area contributed by atoms with Crippen LogP contribution in [-0.2, 0) is 14.4 Å². The maximum Gasteiger partial charge on any atom is 0.327 e. The number of carbonyl (C=O) groups is 3. The SMILES string of the molecule is C/C(=C\CSCC(NC(=O)CCCCCCCCC(=O)O)C(=O)O)CCCC(C)CCCC(C)CCCC(C)C.[HH]. The van der Waals surface area contributed by atoms with Gasteiger partial charge < -0.3 is 15.5 Å². The summed E-state index contributed by atoms with van der Waals surface area (Å²) in [4.78, 5) is 34.3. The fourth-order valence-electron chi connectivity index (χ4n) is 4.91. The van der Waals surface area contributed by atoms with E-state index >= 15 is 0 Å². The molecule has 3 atom stereocenters.